The number of halogens is 3. The molecule has 0 spiro atoms. The summed E-state index contributed by atoms with van der Waals surface area (Å²) in [6.07, 6.45) is -4.84. The number of hydrogen-bond acceptors (Lipinski definition) is 4. The summed E-state index contributed by atoms with van der Waals surface area (Å²) in [7, 11) is 0. The molecule has 1 aliphatic heterocycles. The summed E-state index contributed by atoms with van der Waals surface area (Å²) in [4.78, 5) is 29.8. The lowest BCUT2D eigenvalue weighted by Crippen LogP contribution is -2.52. The van der Waals surface area contributed by atoms with E-state index in [1.165, 1.54) is 23.1 Å². The number of anilines is 1. The Kier molecular flexibility index (Phi) is 7.50. The maximum atomic E-state index is 12.5. The van der Waals surface area contributed by atoms with Gasteiger partial charge in [-0.1, -0.05) is 12.1 Å². The number of likely N-dealkylation sites (N-methyl/N-ethyl adjacent to an activating group) is 1. The maximum absolute atomic E-state index is 12.5. The molecule has 156 valence electrons. The second-order valence-electron chi connectivity index (χ2n) is 6.30. The van der Waals surface area contributed by atoms with Gasteiger partial charge in [-0.15, -0.1) is 13.2 Å². The van der Waals surface area contributed by atoms with Gasteiger partial charge in [-0.3, -0.25) is 9.69 Å². The minimum Gasteiger partial charge on any atom is -0.404 e. The number of alkyl halides is 3. The Labute approximate surface area is 162 Å². The number of urea groups is 1. The first kappa shape index (κ1) is 21.8. The van der Waals surface area contributed by atoms with Gasteiger partial charge >= 0.3 is 12.4 Å². The molecular formula is C18H25F3N4O3. The van der Waals surface area contributed by atoms with Gasteiger partial charge in [0.2, 0.25) is 5.91 Å². The molecule has 1 fully saturated rings. The third-order valence-corrected chi connectivity index (χ3v) is 4.49. The zero-order valence-electron chi connectivity index (χ0n) is 16.0. The molecule has 2 rings (SSSR count). The molecule has 1 aromatic rings. The highest BCUT2D eigenvalue weighted by Gasteiger charge is 2.32. The Morgan fingerprint density at radius 1 is 1.11 bits per heavy atom. The Morgan fingerprint density at radius 2 is 1.71 bits per heavy atom. The summed E-state index contributed by atoms with van der Waals surface area (Å²) >= 11 is 0. The van der Waals surface area contributed by atoms with Crippen molar-refractivity contribution in [2.75, 3.05) is 51.1 Å². The van der Waals surface area contributed by atoms with E-state index < -0.39 is 18.1 Å². The van der Waals surface area contributed by atoms with E-state index in [1.807, 2.05) is 18.7 Å². The third kappa shape index (κ3) is 6.29. The van der Waals surface area contributed by atoms with Crippen molar-refractivity contribution in [3.8, 4) is 5.75 Å². The first-order valence-corrected chi connectivity index (χ1v) is 9.14. The van der Waals surface area contributed by atoms with Crippen molar-refractivity contribution in [3.63, 3.8) is 0 Å². The molecule has 28 heavy (non-hydrogen) atoms. The van der Waals surface area contributed by atoms with Crippen LogP contribution >= 0.6 is 0 Å². The summed E-state index contributed by atoms with van der Waals surface area (Å²) < 4.78 is 41.4. The van der Waals surface area contributed by atoms with Gasteiger partial charge in [0.05, 0.1) is 12.2 Å². The van der Waals surface area contributed by atoms with Gasteiger partial charge < -0.3 is 19.9 Å². The average Bonchev–Trinajstić information content (AvgIpc) is 2.63. The van der Waals surface area contributed by atoms with Crippen molar-refractivity contribution < 1.29 is 27.5 Å². The highest BCUT2D eigenvalue weighted by molar-refractivity contribution is 5.91. The fourth-order valence-corrected chi connectivity index (χ4v) is 2.95. The maximum Gasteiger partial charge on any atom is 0.573 e. The molecule has 0 bridgehead atoms. The van der Waals surface area contributed by atoms with Crippen LogP contribution in [0, 0.1) is 0 Å². The van der Waals surface area contributed by atoms with E-state index in [0.29, 0.717) is 45.8 Å². The standard InChI is InChI=1S/C18H25F3N4O3/c1-3-24(4-2)16(26)13-23-9-11-25(12-10-23)17(27)22-14-7-5-6-8-15(14)28-18(19,20)21/h5-8H,3-4,9-13H2,1-2H3,(H,22,27). The van der Waals surface area contributed by atoms with E-state index in [4.69, 9.17) is 0 Å². The summed E-state index contributed by atoms with van der Waals surface area (Å²) in [6.45, 7) is 7.21. The van der Waals surface area contributed by atoms with Crippen molar-refractivity contribution in [1.29, 1.82) is 0 Å². The molecule has 1 N–H and O–H groups in total. The summed E-state index contributed by atoms with van der Waals surface area (Å²) in [6, 6.07) is 4.88. The quantitative estimate of drug-likeness (QED) is 0.795. The van der Waals surface area contributed by atoms with Crippen LogP contribution in [-0.4, -0.2) is 78.8 Å². The van der Waals surface area contributed by atoms with Crippen molar-refractivity contribution >= 4 is 17.6 Å². The molecule has 0 aliphatic carbocycles. The minimum absolute atomic E-state index is 0.0427. The van der Waals surface area contributed by atoms with Crippen LogP contribution in [0.3, 0.4) is 0 Å². The lowest BCUT2D eigenvalue weighted by molar-refractivity contribution is -0.274. The van der Waals surface area contributed by atoms with Crippen molar-refractivity contribution in [3.05, 3.63) is 24.3 Å². The number of ether oxygens (including phenoxy) is 1. The molecule has 0 atom stereocenters. The topological polar surface area (TPSA) is 65.1 Å². The summed E-state index contributed by atoms with van der Waals surface area (Å²) in [5.74, 6) is -0.423. The van der Waals surface area contributed by atoms with Gasteiger partial charge in [-0.05, 0) is 26.0 Å². The second kappa shape index (κ2) is 9.63. The van der Waals surface area contributed by atoms with E-state index in [1.54, 1.807) is 4.90 Å². The monoisotopic (exact) mass is 402 g/mol. The third-order valence-electron chi connectivity index (χ3n) is 4.49. The van der Waals surface area contributed by atoms with E-state index in [-0.39, 0.29) is 11.6 Å². The van der Waals surface area contributed by atoms with Gasteiger partial charge in [-0.2, -0.15) is 0 Å². The van der Waals surface area contributed by atoms with Gasteiger partial charge in [-0.25, -0.2) is 4.79 Å². The molecule has 7 nitrogen and oxygen atoms in total. The Hall–Kier alpha value is -2.49. The number of carbonyl (C=O) groups excluding carboxylic acids is 2. The fraction of sp³-hybridized carbons (Fsp3) is 0.556. The lowest BCUT2D eigenvalue weighted by Gasteiger charge is -2.35. The predicted molar refractivity (Wildman–Crippen MR) is 98.1 cm³/mol. The number of nitrogens with one attached hydrogen (secondary N) is 1. The number of benzene rings is 1. The lowest BCUT2D eigenvalue weighted by atomic mass is 10.3. The largest absolute Gasteiger partial charge is 0.573 e. The van der Waals surface area contributed by atoms with Crippen LogP contribution in [0.1, 0.15) is 13.8 Å². The SMILES string of the molecule is CCN(CC)C(=O)CN1CCN(C(=O)Nc2ccccc2OC(F)(F)F)CC1. The highest BCUT2D eigenvalue weighted by atomic mass is 19.4. The van der Waals surface area contributed by atoms with Crippen LogP contribution in [0.15, 0.2) is 24.3 Å². The number of nitrogens with zero attached hydrogens (tertiary/aromatic N) is 3. The van der Waals surface area contributed by atoms with E-state index >= 15 is 0 Å². The fourth-order valence-electron chi connectivity index (χ4n) is 2.95. The van der Waals surface area contributed by atoms with Crippen molar-refractivity contribution in [1.82, 2.24) is 14.7 Å². The van der Waals surface area contributed by atoms with Crippen molar-refractivity contribution in [2.45, 2.75) is 20.2 Å². The number of amides is 3. The highest BCUT2D eigenvalue weighted by Crippen LogP contribution is 2.30. The molecule has 0 saturated carbocycles. The molecule has 1 aliphatic rings. The number of rotatable bonds is 6. The molecule has 3 amide bonds. The van der Waals surface area contributed by atoms with E-state index in [2.05, 4.69) is 10.1 Å². The van der Waals surface area contributed by atoms with Crippen LogP contribution in [0.25, 0.3) is 0 Å². The Morgan fingerprint density at radius 3 is 2.29 bits per heavy atom. The molecule has 0 unspecified atom stereocenters. The molecule has 1 saturated heterocycles. The second-order valence-corrected chi connectivity index (χ2v) is 6.30. The molecule has 1 heterocycles. The molecular weight excluding hydrogens is 377 g/mol. The van der Waals surface area contributed by atoms with E-state index in [0.717, 1.165) is 6.07 Å². The number of hydrogen-bond donors (Lipinski definition) is 1. The first-order chi connectivity index (χ1) is 13.2. The van der Waals surface area contributed by atoms with Crippen LogP contribution < -0.4 is 10.1 Å². The van der Waals surface area contributed by atoms with Gasteiger partial charge in [0.25, 0.3) is 0 Å². The first-order valence-electron chi connectivity index (χ1n) is 9.14. The minimum atomic E-state index is -4.84. The Bertz CT molecular complexity index is 672. The predicted octanol–water partition coefficient (Wildman–Crippen LogP) is 2.60. The smallest absolute Gasteiger partial charge is 0.404 e. The molecule has 0 aromatic heterocycles. The van der Waals surface area contributed by atoms with E-state index in [9.17, 15) is 22.8 Å². The van der Waals surface area contributed by atoms with Crippen LogP contribution in [-0.2, 0) is 4.79 Å². The zero-order chi connectivity index (χ0) is 20.7. The summed E-state index contributed by atoms with van der Waals surface area (Å²) in [5.41, 5.74) is -0.0519. The van der Waals surface area contributed by atoms with Crippen LogP contribution in [0.4, 0.5) is 23.7 Å². The number of para-hydroxylation sites is 2. The Balaban J connectivity index is 1.88. The number of carbonyl (C=O) groups is 2. The average molecular weight is 402 g/mol. The van der Waals surface area contributed by atoms with Crippen LogP contribution in [0.2, 0.25) is 0 Å². The van der Waals surface area contributed by atoms with Gasteiger partial charge in [0, 0.05) is 39.3 Å². The summed E-state index contributed by atoms with van der Waals surface area (Å²) in [5, 5.41) is 2.46. The number of piperazine rings is 1. The van der Waals surface area contributed by atoms with Gasteiger partial charge in [0.15, 0.2) is 5.75 Å². The molecule has 10 heteroatoms. The normalized spacial score (nSPS) is 15.2. The molecule has 0 radical (unpaired) electrons. The van der Waals surface area contributed by atoms with Crippen molar-refractivity contribution in [2.24, 2.45) is 0 Å². The zero-order valence-corrected chi connectivity index (χ0v) is 16.0. The van der Waals surface area contributed by atoms with Crippen LogP contribution in [0.5, 0.6) is 5.75 Å². The van der Waals surface area contributed by atoms with Gasteiger partial charge in [0.1, 0.15) is 0 Å². The molecule has 1 aromatic carbocycles.